The summed E-state index contributed by atoms with van der Waals surface area (Å²) in [6.45, 7) is 4.39. The number of benzene rings is 2. The molecule has 0 atom stereocenters. The number of aryl methyl sites for hydroxylation is 1. The number of methoxy groups -OCH3 is 1. The van der Waals surface area contributed by atoms with Crippen LogP contribution >= 0.6 is 0 Å². The summed E-state index contributed by atoms with van der Waals surface area (Å²) in [6, 6.07) is 13.2. The van der Waals surface area contributed by atoms with E-state index >= 15 is 0 Å². The number of carbonyl (C=O) groups excluding carboxylic acids is 1. The van der Waals surface area contributed by atoms with E-state index in [1.165, 1.54) is 12.1 Å². The highest BCUT2D eigenvalue weighted by Gasteiger charge is 2.19. The molecule has 2 N–H and O–H groups in total. The van der Waals surface area contributed by atoms with Gasteiger partial charge in [0.1, 0.15) is 5.75 Å². The lowest BCUT2D eigenvalue weighted by atomic mass is 10.1. The first kappa shape index (κ1) is 26.3. The number of aromatic nitrogens is 3. The van der Waals surface area contributed by atoms with Crippen LogP contribution in [0.2, 0.25) is 0 Å². The van der Waals surface area contributed by atoms with Crippen molar-refractivity contribution in [1.29, 1.82) is 0 Å². The van der Waals surface area contributed by atoms with Crippen LogP contribution in [0.4, 0.5) is 23.0 Å². The number of rotatable bonds is 11. The number of ether oxygens (including phenoxy) is 1. The van der Waals surface area contributed by atoms with E-state index in [9.17, 15) is 9.70 Å². The molecule has 1 amide bonds. The van der Waals surface area contributed by atoms with E-state index in [1.807, 2.05) is 50.4 Å². The van der Waals surface area contributed by atoms with Crippen molar-refractivity contribution < 1.29 is 9.53 Å². The maximum Gasteiger partial charge on any atom is 0.247 e. The molecule has 2 aromatic carbocycles. The molecule has 0 fully saturated rings. The van der Waals surface area contributed by atoms with Gasteiger partial charge in [0.25, 0.3) is 0 Å². The SMILES string of the molecule is C=CC(=O)Nc1cc(Nc2nccc(-c3cn(C)c4ccccc34)n2)c(OC)cc1N(CCN(C)C)N=O. The predicted molar refractivity (Wildman–Crippen MR) is 151 cm³/mol. The number of nitroso groups, excluding NO2 is 1. The van der Waals surface area contributed by atoms with E-state index in [4.69, 9.17) is 9.72 Å². The lowest BCUT2D eigenvalue weighted by molar-refractivity contribution is -0.111. The number of hydrogen-bond donors (Lipinski definition) is 2. The van der Waals surface area contributed by atoms with Crippen molar-refractivity contribution in [2.75, 3.05) is 49.9 Å². The highest BCUT2D eigenvalue weighted by molar-refractivity contribution is 6.02. The second-order valence-electron chi connectivity index (χ2n) is 8.83. The molecule has 0 unspecified atom stereocenters. The van der Waals surface area contributed by atoms with Gasteiger partial charge in [-0.15, -0.1) is 4.91 Å². The summed E-state index contributed by atoms with van der Waals surface area (Å²) in [4.78, 5) is 34.9. The maximum absolute atomic E-state index is 12.2. The molecular weight excluding hydrogens is 484 g/mol. The molecular formula is C27H30N8O3. The van der Waals surface area contributed by atoms with E-state index in [-0.39, 0.29) is 0 Å². The van der Waals surface area contributed by atoms with Crippen LogP contribution in [0.5, 0.6) is 5.75 Å². The molecule has 2 heterocycles. The van der Waals surface area contributed by atoms with Crippen molar-refractivity contribution in [3.05, 3.63) is 72.4 Å². The van der Waals surface area contributed by atoms with E-state index in [1.54, 1.807) is 18.3 Å². The summed E-state index contributed by atoms with van der Waals surface area (Å²) in [7, 11) is 7.29. The van der Waals surface area contributed by atoms with Crippen LogP contribution in [-0.2, 0) is 11.8 Å². The molecule has 0 spiro atoms. The first-order valence-corrected chi connectivity index (χ1v) is 11.9. The standard InChI is InChI=1S/C27H30N8O3/c1-6-26(36)29-21-15-22(25(38-5)16-24(21)35(32-37)14-13-33(2)3)31-27-28-12-11-20(30-27)19-17-34(4)23-10-8-7-9-18(19)23/h6-12,15-17H,1,13-14H2,2-5H3,(H,29,36)(H,28,30,31). The van der Waals surface area contributed by atoms with Gasteiger partial charge < -0.3 is 24.8 Å². The largest absolute Gasteiger partial charge is 0.494 e. The van der Waals surface area contributed by atoms with Gasteiger partial charge in [0.05, 0.1) is 41.7 Å². The van der Waals surface area contributed by atoms with Crippen molar-refractivity contribution in [2.24, 2.45) is 12.3 Å². The first-order chi connectivity index (χ1) is 18.3. The van der Waals surface area contributed by atoms with Gasteiger partial charge in [-0.1, -0.05) is 24.8 Å². The molecule has 196 valence electrons. The number of anilines is 4. The lowest BCUT2D eigenvalue weighted by Crippen LogP contribution is -2.28. The minimum absolute atomic E-state index is 0.305. The molecule has 0 aliphatic rings. The summed E-state index contributed by atoms with van der Waals surface area (Å²) in [5, 5.41) is 11.4. The number of carbonyl (C=O) groups is 1. The van der Waals surface area contributed by atoms with E-state index in [2.05, 4.69) is 44.2 Å². The van der Waals surface area contributed by atoms with Gasteiger partial charge in [-0.25, -0.2) is 15.0 Å². The average molecular weight is 515 g/mol. The minimum atomic E-state index is -0.435. The average Bonchev–Trinajstić information content (AvgIpc) is 3.26. The molecule has 0 saturated carbocycles. The monoisotopic (exact) mass is 514 g/mol. The Hall–Kier alpha value is -4.77. The third-order valence-corrected chi connectivity index (χ3v) is 5.97. The minimum Gasteiger partial charge on any atom is -0.494 e. The molecule has 11 nitrogen and oxygen atoms in total. The zero-order chi connectivity index (χ0) is 27.2. The first-order valence-electron chi connectivity index (χ1n) is 11.9. The quantitative estimate of drug-likeness (QED) is 0.170. The fraction of sp³-hybridized carbons (Fsp3) is 0.222. The van der Waals surface area contributed by atoms with Crippen LogP contribution < -0.4 is 20.4 Å². The Bertz CT molecular complexity index is 1480. The Kier molecular flexibility index (Phi) is 7.97. The van der Waals surface area contributed by atoms with Crippen LogP contribution in [0.3, 0.4) is 0 Å². The highest BCUT2D eigenvalue weighted by Crippen LogP contribution is 2.39. The molecule has 0 radical (unpaired) electrons. The van der Waals surface area contributed by atoms with Crippen molar-refractivity contribution in [2.45, 2.75) is 0 Å². The zero-order valence-electron chi connectivity index (χ0n) is 21.8. The molecule has 11 heteroatoms. The molecule has 0 aliphatic heterocycles. The molecule has 4 rings (SSSR count). The van der Waals surface area contributed by atoms with Crippen molar-refractivity contribution in [3.63, 3.8) is 0 Å². The topological polar surface area (TPSA) is 117 Å². The lowest BCUT2D eigenvalue weighted by Gasteiger charge is -2.23. The molecule has 38 heavy (non-hydrogen) atoms. The van der Waals surface area contributed by atoms with Crippen LogP contribution in [0, 0.1) is 4.91 Å². The van der Waals surface area contributed by atoms with Crippen LogP contribution in [0.15, 0.2) is 72.8 Å². The molecule has 0 aliphatic carbocycles. The van der Waals surface area contributed by atoms with Gasteiger partial charge in [-0.2, -0.15) is 0 Å². The number of fused-ring (bicyclic) bond motifs is 1. The smallest absolute Gasteiger partial charge is 0.247 e. The third kappa shape index (κ3) is 5.62. The fourth-order valence-corrected chi connectivity index (χ4v) is 4.07. The second-order valence-corrected chi connectivity index (χ2v) is 8.83. The van der Waals surface area contributed by atoms with E-state index < -0.39 is 5.91 Å². The van der Waals surface area contributed by atoms with Gasteiger partial charge in [0.2, 0.25) is 11.9 Å². The summed E-state index contributed by atoms with van der Waals surface area (Å²) >= 11 is 0. The van der Waals surface area contributed by atoms with Crippen molar-refractivity contribution in [1.82, 2.24) is 19.4 Å². The summed E-state index contributed by atoms with van der Waals surface area (Å²) in [6.07, 6.45) is 4.85. The number of nitrogens with zero attached hydrogens (tertiary/aromatic N) is 6. The van der Waals surface area contributed by atoms with Gasteiger partial charge in [-0.05, 0) is 38.4 Å². The fourth-order valence-electron chi connectivity index (χ4n) is 4.07. The van der Waals surface area contributed by atoms with Crippen LogP contribution in [-0.4, -0.2) is 59.6 Å². The third-order valence-electron chi connectivity index (χ3n) is 5.97. The normalized spacial score (nSPS) is 10.9. The number of amides is 1. The summed E-state index contributed by atoms with van der Waals surface area (Å²) in [5.74, 6) is 0.310. The van der Waals surface area contributed by atoms with E-state index in [0.29, 0.717) is 41.8 Å². The van der Waals surface area contributed by atoms with Crippen LogP contribution in [0.1, 0.15) is 0 Å². The molecule has 4 aromatic rings. The zero-order valence-corrected chi connectivity index (χ0v) is 21.8. The number of likely N-dealkylation sites (N-methyl/N-ethyl adjacent to an activating group) is 1. The summed E-state index contributed by atoms with van der Waals surface area (Å²) < 4.78 is 7.66. The molecule has 0 bridgehead atoms. The van der Waals surface area contributed by atoms with Crippen molar-refractivity contribution in [3.8, 4) is 17.0 Å². The number of para-hydroxylation sites is 1. The molecule has 2 aromatic heterocycles. The van der Waals surface area contributed by atoms with Crippen LogP contribution in [0.25, 0.3) is 22.2 Å². The Morgan fingerprint density at radius 2 is 1.97 bits per heavy atom. The predicted octanol–water partition coefficient (Wildman–Crippen LogP) is 4.56. The number of hydrogen-bond acceptors (Lipinski definition) is 8. The Balaban J connectivity index is 1.73. The van der Waals surface area contributed by atoms with Gasteiger partial charge in [-0.3, -0.25) is 4.79 Å². The maximum atomic E-state index is 12.2. The Labute approximate surface area is 220 Å². The summed E-state index contributed by atoms with van der Waals surface area (Å²) in [5.41, 5.74) is 4.03. The van der Waals surface area contributed by atoms with Gasteiger partial charge in [0, 0.05) is 48.5 Å². The van der Waals surface area contributed by atoms with E-state index in [0.717, 1.165) is 28.2 Å². The molecule has 0 saturated heterocycles. The number of nitrogens with one attached hydrogen (secondary N) is 2. The van der Waals surface area contributed by atoms with Gasteiger partial charge in [0.15, 0.2) is 0 Å². The second kappa shape index (κ2) is 11.5. The van der Waals surface area contributed by atoms with Gasteiger partial charge >= 0.3 is 0 Å². The Morgan fingerprint density at radius 1 is 1.18 bits per heavy atom. The highest BCUT2D eigenvalue weighted by atomic mass is 16.5. The van der Waals surface area contributed by atoms with Crippen molar-refractivity contribution >= 4 is 39.8 Å². The Morgan fingerprint density at radius 3 is 2.68 bits per heavy atom.